The normalized spacial score (nSPS) is 16.7. The Morgan fingerprint density at radius 2 is 1.89 bits per heavy atom. The number of carbonyl (C=O) groups is 2. The summed E-state index contributed by atoms with van der Waals surface area (Å²) in [5, 5.41) is 14.5. The number of rotatable bonds is 5. The number of hydrogen-bond acceptors (Lipinski definition) is 5. The number of benzene rings is 2. The van der Waals surface area contributed by atoms with E-state index in [4.69, 9.17) is 0 Å². The predicted octanol–water partition coefficient (Wildman–Crippen LogP) is 2.41. The lowest BCUT2D eigenvalue weighted by Gasteiger charge is -2.16. The molecule has 8 heteroatoms. The summed E-state index contributed by atoms with van der Waals surface area (Å²) in [6.45, 7) is 2.27. The van der Waals surface area contributed by atoms with E-state index in [1.807, 2.05) is 31.2 Å². The Morgan fingerprint density at radius 1 is 1.22 bits per heavy atom. The van der Waals surface area contributed by atoms with Gasteiger partial charge in [0, 0.05) is 30.8 Å². The van der Waals surface area contributed by atoms with E-state index >= 15 is 0 Å². The van der Waals surface area contributed by atoms with Gasteiger partial charge in [0.25, 0.3) is 5.69 Å². The second-order valence-electron chi connectivity index (χ2n) is 6.32. The van der Waals surface area contributed by atoms with Crippen LogP contribution in [0.15, 0.2) is 53.6 Å². The lowest BCUT2D eigenvalue weighted by atomic mass is 10.1. The van der Waals surface area contributed by atoms with Gasteiger partial charge in [-0.05, 0) is 36.8 Å². The van der Waals surface area contributed by atoms with E-state index < -0.39 is 10.8 Å². The lowest BCUT2D eigenvalue weighted by Crippen LogP contribution is -2.30. The van der Waals surface area contributed by atoms with Crippen LogP contribution in [0.5, 0.6) is 0 Å². The molecule has 1 heterocycles. The molecule has 0 spiro atoms. The Balaban J connectivity index is 1.57. The summed E-state index contributed by atoms with van der Waals surface area (Å²) in [5.74, 6) is -0.915. The van der Waals surface area contributed by atoms with Gasteiger partial charge in [-0.3, -0.25) is 19.7 Å². The highest BCUT2D eigenvalue weighted by Crippen LogP contribution is 2.25. The summed E-state index contributed by atoms with van der Waals surface area (Å²) in [4.78, 5) is 36.2. The Bertz CT molecular complexity index is 891. The molecule has 1 atom stereocenters. The number of non-ortho nitro benzene ring substituents is 1. The molecule has 1 unspecified atom stereocenters. The van der Waals surface area contributed by atoms with Crippen LogP contribution in [0.2, 0.25) is 0 Å². The zero-order valence-corrected chi connectivity index (χ0v) is 14.7. The molecular weight excluding hydrogens is 348 g/mol. The van der Waals surface area contributed by atoms with Gasteiger partial charge in [-0.1, -0.05) is 17.7 Å². The number of nitro benzene ring substituents is 1. The number of amides is 2. The lowest BCUT2D eigenvalue weighted by molar-refractivity contribution is -0.384. The van der Waals surface area contributed by atoms with Crippen LogP contribution in [0, 0.1) is 23.0 Å². The first-order valence-electron chi connectivity index (χ1n) is 8.38. The number of nitrogens with one attached hydrogen (secondary N) is 1. The molecule has 2 amide bonds. The largest absolute Gasteiger partial charge is 0.312 e. The average Bonchev–Trinajstić information content (AvgIpc) is 3.04. The first kappa shape index (κ1) is 18.2. The van der Waals surface area contributed by atoms with Crippen LogP contribution in [-0.2, 0) is 9.59 Å². The van der Waals surface area contributed by atoms with Crippen molar-refractivity contribution in [1.82, 2.24) is 5.43 Å². The van der Waals surface area contributed by atoms with Crippen LogP contribution < -0.4 is 10.3 Å². The zero-order chi connectivity index (χ0) is 19.4. The monoisotopic (exact) mass is 366 g/mol. The maximum absolute atomic E-state index is 12.3. The maximum atomic E-state index is 12.3. The number of aryl methyl sites for hydroxylation is 1. The first-order valence-corrected chi connectivity index (χ1v) is 8.38. The van der Waals surface area contributed by atoms with Gasteiger partial charge in [-0.25, -0.2) is 5.43 Å². The fraction of sp³-hybridized carbons (Fsp3) is 0.211. The predicted molar refractivity (Wildman–Crippen MR) is 100 cm³/mol. The zero-order valence-electron chi connectivity index (χ0n) is 14.7. The van der Waals surface area contributed by atoms with Crippen LogP contribution >= 0.6 is 0 Å². The Kier molecular flexibility index (Phi) is 5.25. The second kappa shape index (κ2) is 7.77. The van der Waals surface area contributed by atoms with Crippen LogP contribution in [0.4, 0.5) is 11.4 Å². The number of hydrogen-bond donors (Lipinski definition) is 1. The molecule has 0 aliphatic carbocycles. The summed E-state index contributed by atoms with van der Waals surface area (Å²) in [6, 6.07) is 13.4. The van der Waals surface area contributed by atoms with Crippen molar-refractivity contribution in [3.05, 3.63) is 69.8 Å². The first-order chi connectivity index (χ1) is 12.9. The maximum Gasteiger partial charge on any atom is 0.269 e. The summed E-state index contributed by atoms with van der Waals surface area (Å²) in [5.41, 5.74) is 4.90. The van der Waals surface area contributed by atoms with E-state index in [9.17, 15) is 19.7 Å². The highest BCUT2D eigenvalue weighted by molar-refractivity contribution is 6.00. The van der Waals surface area contributed by atoms with E-state index in [2.05, 4.69) is 10.5 Å². The van der Waals surface area contributed by atoms with Crippen molar-refractivity contribution in [3.63, 3.8) is 0 Å². The number of nitro groups is 1. The van der Waals surface area contributed by atoms with Gasteiger partial charge >= 0.3 is 0 Å². The molecule has 8 nitrogen and oxygen atoms in total. The standard InChI is InChI=1S/C19H18N4O4/c1-13-2-6-16(7-3-13)22-12-15(10-18(22)24)19(25)21-20-11-14-4-8-17(9-5-14)23(26)27/h2-9,11,15H,10,12H2,1H3,(H,21,25). The average molecular weight is 366 g/mol. The van der Waals surface area contributed by atoms with E-state index in [0.29, 0.717) is 12.1 Å². The van der Waals surface area contributed by atoms with Crippen LogP contribution in [0.1, 0.15) is 17.5 Å². The van der Waals surface area contributed by atoms with E-state index in [1.165, 1.54) is 30.5 Å². The van der Waals surface area contributed by atoms with Crippen LogP contribution in [-0.4, -0.2) is 29.5 Å². The molecule has 1 fully saturated rings. The Hall–Kier alpha value is -3.55. The third-order valence-corrected chi connectivity index (χ3v) is 4.33. The highest BCUT2D eigenvalue weighted by Gasteiger charge is 2.35. The molecule has 2 aromatic rings. The molecule has 2 aromatic carbocycles. The topological polar surface area (TPSA) is 105 Å². The van der Waals surface area contributed by atoms with Crippen molar-refractivity contribution in [2.24, 2.45) is 11.0 Å². The van der Waals surface area contributed by atoms with Gasteiger partial charge < -0.3 is 4.90 Å². The van der Waals surface area contributed by atoms with Crippen LogP contribution in [0.25, 0.3) is 0 Å². The fourth-order valence-electron chi connectivity index (χ4n) is 2.80. The quantitative estimate of drug-likeness (QED) is 0.498. The molecule has 3 rings (SSSR count). The molecule has 1 aliphatic heterocycles. The van der Waals surface area contributed by atoms with E-state index in [0.717, 1.165) is 11.3 Å². The molecule has 138 valence electrons. The number of carbonyl (C=O) groups excluding carboxylic acids is 2. The van der Waals surface area contributed by atoms with Gasteiger partial charge in [-0.15, -0.1) is 0 Å². The third kappa shape index (κ3) is 4.35. The van der Waals surface area contributed by atoms with E-state index in [-0.39, 0.29) is 23.9 Å². The second-order valence-corrected chi connectivity index (χ2v) is 6.32. The smallest absolute Gasteiger partial charge is 0.269 e. The van der Waals surface area contributed by atoms with Gasteiger partial charge in [-0.2, -0.15) is 5.10 Å². The minimum Gasteiger partial charge on any atom is -0.312 e. The van der Waals surface area contributed by atoms with Gasteiger partial charge in [0.1, 0.15) is 0 Å². The molecule has 0 radical (unpaired) electrons. The summed E-state index contributed by atoms with van der Waals surface area (Å²) < 4.78 is 0. The van der Waals surface area contributed by atoms with Crippen molar-refractivity contribution in [2.75, 3.05) is 11.4 Å². The summed E-state index contributed by atoms with van der Waals surface area (Å²) in [7, 11) is 0. The molecule has 1 saturated heterocycles. The van der Waals surface area contributed by atoms with Gasteiger partial charge in [0.05, 0.1) is 17.1 Å². The molecule has 0 bridgehead atoms. The molecule has 0 aromatic heterocycles. The van der Waals surface area contributed by atoms with Gasteiger partial charge in [0.15, 0.2) is 0 Å². The molecule has 27 heavy (non-hydrogen) atoms. The van der Waals surface area contributed by atoms with Crippen molar-refractivity contribution in [3.8, 4) is 0 Å². The minimum atomic E-state index is -0.487. The third-order valence-electron chi connectivity index (χ3n) is 4.33. The minimum absolute atomic E-state index is 0.0168. The number of hydrazone groups is 1. The van der Waals surface area contributed by atoms with Crippen LogP contribution in [0.3, 0.4) is 0 Å². The van der Waals surface area contributed by atoms with Crippen molar-refractivity contribution in [1.29, 1.82) is 0 Å². The Morgan fingerprint density at radius 3 is 2.52 bits per heavy atom. The summed E-state index contributed by atoms with van der Waals surface area (Å²) in [6.07, 6.45) is 1.53. The fourth-order valence-corrected chi connectivity index (χ4v) is 2.80. The highest BCUT2D eigenvalue weighted by atomic mass is 16.6. The SMILES string of the molecule is Cc1ccc(N2CC(C(=O)NN=Cc3ccc([N+](=O)[O-])cc3)CC2=O)cc1. The number of nitrogens with zero attached hydrogens (tertiary/aromatic N) is 3. The molecule has 0 saturated carbocycles. The van der Waals surface area contributed by atoms with E-state index in [1.54, 1.807) is 4.90 Å². The molecular formula is C19H18N4O4. The number of anilines is 1. The molecule has 1 N–H and O–H groups in total. The molecule has 1 aliphatic rings. The van der Waals surface area contributed by atoms with Crippen molar-refractivity contribution >= 4 is 29.4 Å². The van der Waals surface area contributed by atoms with Crippen molar-refractivity contribution in [2.45, 2.75) is 13.3 Å². The van der Waals surface area contributed by atoms with Crippen molar-refractivity contribution < 1.29 is 14.5 Å². The van der Waals surface area contributed by atoms with Gasteiger partial charge in [0.2, 0.25) is 11.8 Å². The Labute approximate surface area is 155 Å². The summed E-state index contributed by atoms with van der Waals surface area (Å²) >= 11 is 0.